The van der Waals surface area contributed by atoms with Gasteiger partial charge in [0.2, 0.25) is 6.29 Å². The fourth-order valence-electron chi connectivity index (χ4n) is 3.62. The monoisotopic (exact) mass is 451 g/mol. The van der Waals surface area contributed by atoms with Crippen molar-refractivity contribution in [1.29, 1.82) is 0 Å². The van der Waals surface area contributed by atoms with Crippen molar-refractivity contribution in [2.24, 2.45) is 7.05 Å². The number of fused-ring (bicyclic) bond motifs is 1. The molecule has 4 aromatic rings. The zero-order valence-electron chi connectivity index (χ0n) is 17.2. The first-order chi connectivity index (χ1) is 15.6. The smallest absolute Gasteiger partial charge is 0.227 e. The van der Waals surface area contributed by atoms with E-state index in [9.17, 15) is 8.78 Å². The molecule has 2 heterocycles. The van der Waals surface area contributed by atoms with Crippen LogP contribution in [0.5, 0.6) is 5.75 Å². The van der Waals surface area contributed by atoms with Crippen LogP contribution in [0.25, 0.3) is 11.4 Å². The van der Waals surface area contributed by atoms with Gasteiger partial charge < -0.3 is 14.0 Å². The summed E-state index contributed by atoms with van der Waals surface area (Å²) >= 11 is 1.38. The van der Waals surface area contributed by atoms with Gasteiger partial charge in [-0.15, -0.1) is 10.2 Å². The van der Waals surface area contributed by atoms with Crippen molar-refractivity contribution >= 4 is 11.8 Å². The summed E-state index contributed by atoms with van der Waals surface area (Å²) in [6, 6.07) is 18.9. The van der Waals surface area contributed by atoms with E-state index in [-0.39, 0.29) is 18.2 Å². The number of halogens is 2. The standard InChI is InChI=1S/C24H19F2N3O2S/c1-29-22(19-9-5-6-10-20(19)26)27-28-24(29)32-14-17-12-18(25)11-16-13-30-23(31-21(16)17)15-7-3-2-4-8-15/h2-12,23H,13-14H2,1H3. The Balaban J connectivity index is 1.39. The lowest BCUT2D eigenvalue weighted by Crippen LogP contribution is -2.19. The molecule has 0 aliphatic carbocycles. The van der Waals surface area contributed by atoms with Crippen LogP contribution in [0.2, 0.25) is 0 Å². The molecule has 1 aromatic heterocycles. The minimum Gasteiger partial charge on any atom is -0.460 e. The molecule has 1 aliphatic rings. The topological polar surface area (TPSA) is 49.2 Å². The number of hydrogen-bond donors (Lipinski definition) is 0. The number of thioether (sulfide) groups is 1. The van der Waals surface area contributed by atoms with Crippen LogP contribution in [0.4, 0.5) is 8.78 Å². The summed E-state index contributed by atoms with van der Waals surface area (Å²) in [6.07, 6.45) is -0.555. The molecule has 3 aromatic carbocycles. The van der Waals surface area contributed by atoms with E-state index >= 15 is 0 Å². The van der Waals surface area contributed by atoms with Crippen molar-refractivity contribution < 1.29 is 18.3 Å². The lowest BCUT2D eigenvalue weighted by atomic mass is 10.1. The molecular weight excluding hydrogens is 432 g/mol. The maximum absolute atomic E-state index is 14.3. The van der Waals surface area contributed by atoms with Crippen LogP contribution in [0.15, 0.2) is 71.9 Å². The fraction of sp³-hybridized carbons (Fsp3) is 0.167. The molecular formula is C24H19F2N3O2S. The Bertz CT molecular complexity index is 1260. The van der Waals surface area contributed by atoms with Gasteiger partial charge in [-0.25, -0.2) is 8.78 Å². The highest BCUT2D eigenvalue weighted by molar-refractivity contribution is 7.98. The number of benzene rings is 3. The molecule has 1 atom stereocenters. The predicted molar refractivity (Wildman–Crippen MR) is 117 cm³/mol. The molecule has 0 saturated heterocycles. The molecule has 162 valence electrons. The normalized spacial score (nSPS) is 15.3. The van der Waals surface area contributed by atoms with Crippen LogP contribution in [0.3, 0.4) is 0 Å². The number of rotatable bonds is 5. The molecule has 0 N–H and O–H groups in total. The lowest BCUT2D eigenvalue weighted by Gasteiger charge is -2.28. The highest BCUT2D eigenvalue weighted by Crippen LogP contribution is 2.39. The third-order valence-corrected chi connectivity index (χ3v) is 6.27. The van der Waals surface area contributed by atoms with Crippen LogP contribution in [0.1, 0.15) is 23.0 Å². The maximum Gasteiger partial charge on any atom is 0.227 e. The van der Waals surface area contributed by atoms with Crippen LogP contribution < -0.4 is 4.74 Å². The van der Waals surface area contributed by atoms with Crippen molar-refractivity contribution in [1.82, 2.24) is 14.8 Å². The Hall–Kier alpha value is -3.23. The van der Waals surface area contributed by atoms with Crippen LogP contribution in [-0.4, -0.2) is 14.8 Å². The largest absolute Gasteiger partial charge is 0.460 e. The van der Waals surface area contributed by atoms with Gasteiger partial charge in [-0.2, -0.15) is 0 Å². The Morgan fingerprint density at radius 1 is 1.03 bits per heavy atom. The highest BCUT2D eigenvalue weighted by atomic mass is 32.2. The molecule has 0 bridgehead atoms. The molecule has 0 amide bonds. The molecule has 0 saturated carbocycles. The van der Waals surface area contributed by atoms with Gasteiger partial charge >= 0.3 is 0 Å². The maximum atomic E-state index is 14.3. The van der Waals surface area contributed by atoms with Crippen molar-refractivity contribution in [3.8, 4) is 17.1 Å². The van der Waals surface area contributed by atoms with Gasteiger partial charge in [0.1, 0.15) is 17.4 Å². The Morgan fingerprint density at radius 2 is 1.81 bits per heavy atom. The van der Waals surface area contributed by atoms with E-state index < -0.39 is 6.29 Å². The average Bonchev–Trinajstić information content (AvgIpc) is 3.18. The number of aromatic nitrogens is 3. The molecule has 32 heavy (non-hydrogen) atoms. The van der Waals surface area contributed by atoms with Crippen molar-refractivity contribution in [2.75, 3.05) is 0 Å². The minimum absolute atomic E-state index is 0.256. The molecule has 1 aliphatic heterocycles. The molecule has 0 spiro atoms. The SMILES string of the molecule is Cn1c(SCc2cc(F)cc3c2OC(c2ccccc2)OC3)nnc1-c1ccccc1F. The van der Waals surface area contributed by atoms with Gasteiger partial charge in [-0.1, -0.05) is 54.2 Å². The van der Waals surface area contributed by atoms with Gasteiger partial charge in [0.25, 0.3) is 0 Å². The molecule has 5 rings (SSSR count). The highest BCUT2D eigenvalue weighted by Gasteiger charge is 2.25. The van der Waals surface area contributed by atoms with E-state index in [0.29, 0.717) is 39.2 Å². The zero-order chi connectivity index (χ0) is 22.1. The molecule has 1 unspecified atom stereocenters. The average molecular weight is 451 g/mol. The van der Waals surface area contributed by atoms with E-state index in [1.807, 2.05) is 30.3 Å². The van der Waals surface area contributed by atoms with E-state index in [2.05, 4.69) is 10.2 Å². The van der Waals surface area contributed by atoms with E-state index in [4.69, 9.17) is 9.47 Å². The first kappa shape index (κ1) is 20.7. The summed E-state index contributed by atoms with van der Waals surface area (Å²) in [5, 5.41) is 8.93. The Labute approximate surface area is 188 Å². The second-order valence-electron chi connectivity index (χ2n) is 7.36. The van der Waals surface area contributed by atoms with E-state index in [1.165, 1.54) is 30.0 Å². The number of nitrogens with zero attached hydrogens (tertiary/aromatic N) is 3. The van der Waals surface area contributed by atoms with Gasteiger partial charge in [-0.05, 0) is 24.3 Å². The van der Waals surface area contributed by atoms with Gasteiger partial charge in [0.15, 0.2) is 11.0 Å². The zero-order valence-corrected chi connectivity index (χ0v) is 18.0. The van der Waals surface area contributed by atoms with Gasteiger partial charge in [0.05, 0.1) is 12.2 Å². The summed E-state index contributed by atoms with van der Waals surface area (Å²) in [6.45, 7) is 0.256. The minimum atomic E-state index is -0.555. The molecule has 8 heteroatoms. The van der Waals surface area contributed by atoms with Crippen LogP contribution >= 0.6 is 11.8 Å². The summed E-state index contributed by atoms with van der Waals surface area (Å²) < 4.78 is 42.1. The van der Waals surface area contributed by atoms with Crippen molar-refractivity contribution in [3.63, 3.8) is 0 Å². The summed E-state index contributed by atoms with van der Waals surface area (Å²) in [5.41, 5.74) is 2.63. The second-order valence-corrected chi connectivity index (χ2v) is 8.30. The van der Waals surface area contributed by atoms with Crippen molar-refractivity contribution in [3.05, 3.63) is 95.1 Å². The summed E-state index contributed by atoms with van der Waals surface area (Å²) in [5.74, 6) is 0.746. The number of ether oxygens (including phenoxy) is 2. The first-order valence-electron chi connectivity index (χ1n) is 10.0. The second kappa shape index (κ2) is 8.72. The predicted octanol–water partition coefficient (Wildman–Crippen LogP) is 5.66. The third-order valence-electron chi connectivity index (χ3n) is 5.20. The summed E-state index contributed by atoms with van der Waals surface area (Å²) in [4.78, 5) is 0. The molecule has 0 fully saturated rings. The lowest BCUT2D eigenvalue weighted by molar-refractivity contribution is -0.112. The van der Waals surface area contributed by atoms with Crippen LogP contribution in [-0.2, 0) is 24.1 Å². The Kier molecular flexibility index (Phi) is 5.63. The van der Waals surface area contributed by atoms with Crippen molar-refractivity contribution in [2.45, 2.75) is 23.8 Å². The van der Waals surface area contributed by atoms with Gasteiger partial charge in [-0.3, -0.25) is 0 Å². The Morgan fingerprint density at radius 3 is 2.62 bits per heavy atom. The number of hydrogen-bond acceptors (Lipinski definition) is 5. The quantitative estimate of drug-likeness (QED) is 0.367. The summed E-state index contributed by atoms with van der Waals surface area (Å²) in [7, 11) is 1.78. The van der Waals surface area contributed by atoms with E-state index in [1.54, 1.807) is 29.8 Å². The molecule has 0 radical (unpaired) electrons. The molecule has 5 nitrogen and oxygen atoms in total. The third kappa shape index (κ3) is 3.99. The first-order valence-corrected chi connectivity index (χ1v) is 11.0. The van der Waals surface area contributed by atoms with Gasteiger partial charge in [0, 0.05) is 29.5 Å². The van der Waals surface area contributed by atoms with E-state index in [0.717, 1.165) is 5.56 Å². The fourth-order valence-corrected chi connectivity index (χ4v) is 4.50. The van der Waals surface area contributed by atoms with Crippen LogP contribution in [0, 0.1) is 11.6 Å².